The van der Waals surface area contributed by atoms with Gasteiger partial charge in [0.25, 0.3) is 0 Å². The van der Waals surface area contributed by atoms with E-state index in [4.69, 9.17) is 10.5 Å². The maximum Gasteiger partial charge on any atom is 0.214 e. The summed E-state index contributed by atoms with van der Waals surface area (Å²) in [6.07, 6.45) is 1.16. The highest BCUT2D eigenvalue weighted by molar-refractivity contribution is 7.90. The molecule has 1 rings (SSSR count). The first kappa shape index (κ1) is 13.9. The van der Waals surface area contributed by atoms with Crippen LogP contribution in [0.4, 0.5) is 0 Å². The van der Waals surface area contributed by atoms with Crippen LogP contribution in [-0.2, 0) is 14.8 Å². The van der Waals surface area contributed by atoms with E-state index in [1.54, 1.807) is 0 Å². The first-order chi connectivity index (χ1) is 7.37. The van der Waals surface area contributed by atoms with Gasteiger partial charge in [-0.25, -0.2) is 13.1 Å². The van der Waals surface area contributed by atoms with Crippen LogP contribution in [0.5, 0.6) is 0 Å². The van der Waals surface area contributed by atoms with Crippen molar-refractivity contribution in [2.24, 2.45) is 11.1 Å². The summed E-state index contributed by atoms with van der Waals surface area (Å²) >= 11 is 0. The molecule has 0 radical (unpaired) electrons. The number of nitrogens with two attached hydrogens (primary N) is 1. The average Bonchev–Trinajstić information content (AvgIpc) is 2.28. The molecular formula is C10H22N2O3S. The molecule has 96 valence electrons. The van der Waals surface area contributed by atoms with Gasteiger partial charge < -0.3 is 10.5 Å². The molecule has 1 heterocycles. The smallest absolute Gasteiger partial charge is 0.214 e. The fraction of sp³-hybridized carbons (Fsp3) is 1.00. The lowest BCUT2D eigenvalue weighted by molar-refractivity contribution is 0.0981. The largest absolute Gasteiger partial charge is 0.381 e. The Hall–Kier alpha value is -0.170. The van der Waals surface area contributed by atoms with Crippen LogP contribution in [-0.4, -0.2) is 40.0 Å². The zero-order chi connectivity index (χ0) is 12.2. The lowest BCUT2D eigenvalue weighted by Gasteiger charge is -2.26. The maximum atomic E-state index is 11.9. The Morgan fingerprint density at radius 1 is 1.38 bits per heavy atom. The van der Waals surface area contributed by atoms with Crippen molar-refractivity contribution in [3.05, 3.63) is 0 Å². The zero-order valence-corrected chi connectivity index (χ0v) is 10.8. The van der Waals surface area contributed by atoms with Gasteiger partial charge in [-0.2, -0.15) is 0 Å². The van der Waals surface area contributed by atoms with E-state index in [0.717, 1.165) is 0 Å². The third kappa shape index (κ3) is 4.01. The van der Waals surface area contributed by atoms with Crippen molar-refractivity contribution >= 4 is 10.0 Å². The van der Waals surface area contributed by atoms with Gasteiger partial charge in [0.1, 0.15) is 0 Å². The first-order valence-corrected chi connectivity index (χ1v) is 7.18. The Labute approximate surface area is 97.8 Å². The minimum absolute atomic E-state index is 0.196. The highest BCUT2D eigenvalue weighted by Crippen LogP contribution is 2.17. The Morgan fingerprint density at radius 3 is 2.44 bits per heavy atom. The number of nitrogens with one attached hydrogen (secondary N) is 1. The summed E-state index contributed by atoms with van der Waals surface area (Å²) in [5.74, 6) is 0. The normalized spacial score (nSPS) is 19.9. The van der Waals surface area contributed by atoms with Gasteiger partial charge in [-0.3, -0.25) is 0 Å². The van der Waals surface area contributed by atoms with Crippen LogP contribution in [0.1, 0.15) is 26.7 Å². The number of rotatable bonds is 5. The van der Waals surface area contributed by atoms with Crippen LogP contribution >= 0.6 is 0 Å². The molecular weight excluding hydrogens is 228 g/mol. The summed E-state index contributed by atoms with van der Waals surface area (Å²) in [7, 11) is -3.21. The predicted octanol–water partition coefficient (Wildman–Crippen LogP) is 0.0697. The maximum absolute atomic E-state index is 11.9. The van der Waals surface area contributed by atoms with Crippen molar-refractivity contribution in [2.75, 3.05) is 26.3 Å². The number of ether oxygens (including phenoxy) is 1. The molecule has 0 aromatic carbocycles. The van der Waals surface area contributed by atoms with Gasteiger partial charge in [-0.15, -0.1) is 0 Å². The second-order valence-electron chi connectivity index (χ2n) is 5.05. The molecule has 0 spiro atoms. The van der Waals surface area contributed by atoms with E-state index in [1.807, 2.05) is 13.8 Å². The van der Waals surface area contributed by atoms with Crippen molar-refractivity contribution in [2.45, 2.75) is 31.9 Å². The molecule has 0 amide bonds. The lowest BCUT2D eigenvalue weighted by atomic mass is 9.95. The van der Waals surface area contributed by atoms with E-state index in [0.29, 0.717) is 39.1 Å². The topological polar surface area (TPSA) is 81.4 Å². The lowest BCUT2D eigenvalue weighted by Crippen LogP contribution is -2.43. The number of hydrogen-bond acceptors (Lipinski definition) is 4. The minimum atomic E-state index is -3.21. The highest BCUT2D eigenvalue weighted by atomic mass is 32.2. The predicted molar refractivity (Wildman–Crippen MR) is 63.6 cm³/mol. The Kier molecular flexibility index (Phi) is 4.73. The van der Waals surface area contributed by atoms with E-state index >= 15 is 0 Å². The van der Waals surface area contributed by atoms with Crippen LogP contribution in [0.25, 0.3) is 0 Å². The highest BCUT2D eigenvalue weighted by Gasteiger charge is 2.29. The van der Waals surface area contributed by atoms with E-state index in [1.165, 1.54) is 0 Å². The van der Waals surface area contributed by atoms with Gasteiger partial charge >= 0.3 is 0 Å². The van der Waals surface area contributed by atoms with E-state index in [2.05, 4.69) is 4.72 Å². The molecule has 5 nitrogen and oxygen atoms in total. The Morgan fingerprint density at radius 2 is 1.94 bits per heavy atom. The standard InChI is InChI=1S/C10H22N2O3S/c1-10(2,7-11)8-12-16(13,14)9-3-5-15-6-4-9/h9,12H,3-8,11H2,1-2H3. The van der Waals surface area contributed by atoms with Crippen molar-refractivity contribution in [1.29, 1.82) is 0 Å². The minimum Gasteiger partial charge on any atom is -0.381 e. The summed E-state index contributed by atoms with van der Waals surface area (Å²) in [5.41, 5.74) is 5.36. The quantitative estimate of drug-likeness (QED) is 0.723. The third-order valence-corrected chi connectivity index (χ3v) is 4.81. The molecule has 3 N–H and O–H groups in total. The zero-order valence-electron chi connectivity index (χ0n) is 10.0. The fourth-order valence-electron chi connectivity index (χ4n) is 1.47. The van der Waals surface area contributed by atoms with Gasteiger partial charge in [-0.1, -0.05) is 13.8 Å². The van der Waals surface area contributed by atoms with E-state index < -0.39 is 10.0 Å². The van der Waals surface area contributed by atoms with Crippen LogP contribution in [0.2, 0.25) is 0 Å². The summed E-state index contributed by atoms with van der Waals surface area (Å²) in [4.78, 5) is 0. The molecule has 1 saturated heterocycles. The molecule has 1 aliphatic rings. The molecule has 6 heteroatoms. The van der Waals surface area contributed by atoms with Crippen LogP contribution in [0.15, 0.2) is 0 Å². The fourth-order valence-corrected chi connectivity index (χ4v) is 3.11. The molecule has 1 aliphatic heterocycles. The molecule has 1 fully saturated rings. The van der Waals surface area contributed by atoms with Crippen LogP contribution in [0.3, 0.4) is 0 Å². The number of hydrogen-bond donors (Lipinski definition) is 2. The molecule has 0 aromatic heterocycles. The van der Waals surface area contributed by atoms with E-state index in [9.17, 15) is 8.42 Å². The second kappa shape index (κ2) is 5.44. The van der Waals surface area contributed by atoms with Crippen molar-refractivity contribution in [3.63, 3.8) is 0 Å². The SMILES string of the molecule is CC(C)(CN)CNS(=O)(=O)C1CCOCC1. The van der Waals surface area contributed by atoms with Crippen LogP contribution < -0.4 is 10.5 Å². The molecule has 0 atom stereocenters. The van der Waals surface area contributed by atoms with Gasteiger partial charge in [0, 0.05) is 19.8 Å². The third-order valence-electron chi connectivity index (χ3n) is 2.91. The first-order valence-electron chi connectivity index (χ1n) is 5.64. The Bertz CT molecular complexity index is 308. The molecule has 0 saturated carbocycles. The van der Waals surface area contributed by atoms with Crippen molar-refractivity contribution < 1.29 is 13.2 Å². The summed E-state index contributed by atoms with van der Waals surface area (Å²) in [5, 5.41) is -0.310. The van der Waals surface area contributed by atoms with Crippen molar-refractivity contribution in [3.8, 4) is 0 Å². The van der Waals surface area contributed by atoms with Gasteiger partial charge in [0.2, 0.25) is 10.0 Å². The van der Waals surface area contributed by atoms with Gasteiger partial charge in [0.15, 0.2) is 0 Å². The second-order valence-corrected chi connectivity index (χ2v) is 7.09. The molecule has 0 bridgehead atoms. The summed E-state index contributed by atoms with van der Waals surface area (Å²) in [6.45, 7) is 5.81. The molecule has 16 heavy (non-hydrogen) atoms. The van der Waals surface area contributed by atoms with Crippen LogP contribution in [0, 0.1) is 5.41 Å². The molecule has 0 aliphatic carbocycles. The average molecular weight is 250 g/mol. The monoisotopic (exact) mass is 250 g/mol. The Balaban J connectivity index is 2.51. The molecule has 0 aromatic rings. The van der Waals surface area contributed by atoms with Gasteiger partial charge in [-0.05, 0) is 24.8 Å². The van der Waals surface area contributed by atoms with E-state index in [-0.39, 0.29) is 10.7 Å². The summed E-state index contributed by atoms with van der Waals surface area (Å²) in [6, 6.07) is 0. The number of sulfonamides is 1. The van der Waals surface area contributed by atoms with Gasteiger partial charge in [0.05, 0.1) is 5.25 Å². The summed E-state index contributed by atoms with van der Waals surface area (Å²) < 4.78 is 31.7. The van der Waals surface area contributed by atoms with Crippen molar-refractivity contribution in [1.82, 2.24) is 4.72 Å². The molecule has 0 unspecified atom stereocenters.